The molecule has 0 bridgehead atoms. The molecule has 2 N–H and O–H groups in total. The Kier molecular flexibility index (Phi) is 7.99. The number of carboxylic acid groups (broad SMARTS) is 1. The van der Waals surface area contributed by atoms with Gasteiger partial charge in [-0.1, -0.05) is 12.1 Å². The topological polar surface area (TPSA) is 129 Å². The van der Waals surface area contributed by atoms with Crippen molar-refractivity contribution in [3.63, 3.8) is 0 Å². The summed E-state index contributed by atoms with van der Waals surface area (Å²) in [5.74, 6) is -2.27. The van der Waals surface area contributed by atoms with Crippen molar-refractivity contribution >= 4 is 29.2 Å². The van der Waals surface area contributed by atoms with Crippen LogP contribution < -0.4 is 10.2 Å². The van der Waals surface area contributed by atoms with Gasteiger partial charge in [0.25, 0.3) is 5.91 Å². The number of carbonyl (C=O) groups excluding carboxylic acids is 1. The van der Waals surface area contributed by atoms with Gasteiger partial charge in [-0.3, -0.25) is 14.1 Å². The van der Waals surface area contributed by atoms with Gasteiger partial charge < -0.3 is 15.3 Å². The van der Waals surface area contributed by atoms with Crippen LogP contribution in [0.2, 0.25) is 0 Å². The van der Waals surface area contributed by atoms with E-state index in [-0.39, 0.29) is 11.7 Å². The molecule has 1 atom stereocenters. The number of nitrogens with one attached hydrogen (secondary N) is 1. The molecular weight excluding hydrogens is 524 g/mol. The van der Waals surface area contributed by atoms with Gasteiger partial charge in [0, 0.05) is 38.2 Å². The van der Waals surface area contributed by atoms with E-state index < -0.39 is 23.9 Å². The maximum absolute atomic E-state index is 13.9. The van der Waals surface area contributed by atoms with Crippen molar-refractivity contribution in [1.29, 1.82) is 0 Å². The van der Waals surface area contributed by atoms with Crippen molar-refractivity contribution in [2.24, 2.45) is 0 Å². The molecule has 1 aromatic carbocycles. The number of alkyl halides is 3. The molecule has 11 nitrogen and oxygen atoms in total. The van der Waals surface area contributed by atoms with E-state index in [1.807, 2.05) is 11.4 Å². The number of hydrogen-bond donors (Lipinski definition) is 2. The molecule has 1 saturated heterocycles. The molecule has 39 heavy (non-hydrogen) atoms. The highest BCUT2D eigenvalue weighted by atomic mass is 19.4. The number of hydrogen-bond acceptors (Lipinski definition) is 8. The van der Waals surface area contributed by atoms with Crippen LogP contribution in [0.25, 0.3) is 5.65 Å². The minimum Gasteiger partial charge on any atom is -0.475 e. The van der Waals surface area contributed by atoms with Gasteiger partial charge in [-0.2, -0.15) is 13.2 Å². The zero-order chi connectivity index (χ0) is 28.2. The lowest BCUT2D eigenvalue weighted by Crippen LogP contribution is -2.47. The van der Waals surface area contributed by atoms with Gasteiger partial charge in [-0.25, -0.2) is 19.2 Å². The average Bonchev–Trinajstić information content (AvgIpc) is 3.34. The number of piperazine rings is 1. The SMILES string of the molecule is CN1CCN(c2ncccn2)CC1c1nnc2ccc(C(=O)Nc3ccccc3F)cn12.O=C(O)C(F)(F)F. The van der Waals surface area contributed by atoms with Crippen LogP contribution in [0.5, 0.6) is 0 Å². The number of anilines is 2. The predicted molar refractivity (Wildman–Crippen MR) is 131 cm³/mol. The Morgan fingerprint density at radius 3 is 2.38 bits per heavy atom. The maximum Gasteiger partial charge on any atom is 0.490 e. The molecule has 204 valence electrons. The van der Waals surface area contributed by atoms with Gasteiger partial charge in [0.15, 0.2) is 11.5 Å². The minimum atomic E-state index is -5.08. The third-order valence-corrected chi connectivity index (χ3v) is 5.84. The first-order valence-electron chi connectivity index (χ1n) is 11.5. The van der Waals surface area contributed by atoms with Gasteiger partial charge >= 0.3 is 12.1 Å². The summed E-state index contributed by atoms with van der Waals surface area (Å²) in [7, 11) is 2.03. The lowest BCUT2D eigenvalue weighted by Gasteiger charge is -2.38. The number of carboxylic acids is 1. The number of para-hydroxylation sites is 1. The van der Waals surface area contributed by atoms with Crippen LogP contribution >= 0.6 is 0 Å². The number of benzene rings is 1. The second kappa shape index (κ2) is 11.4. The van der Waals surface area contributed by atoms with Crippen LogP contribution in [0.3, 0.4) is 0 Å². The summed E-state index contributed by atoms with van der Waals surface area (Å²) in [4.78, 5) is 34.7. The Morgan fingerprint density at radius 1 is 1.03 bits per heavy atom. The molecule has 1 unspecified atom stereocenters. The average molecular weight is 546 g/mol. The summed E-state index contributed by atoms with van der Waals surface area (Å²) in [6.45, 7) is 2.22. The predicted octanol–water partition coefficient (Wildman–Crippen LogP) is 3.04. The number of amides is 1. The third kappa shape index (κ3) is 6.43. The Hall–Kier alpha value is -4.66. The summed E-state index contributed by atoms with van der Waals surface area (Å²) in [6.07, 6.45) is 0.0534. The second-order valence-corrected chi connectivity index (χ2v) is 8.43. The smallest absolute Gasteiger partial charge is 0.475 e. The highest BCUT2D eigenvalue weighted by molar-refractivity contribution is 6.04. The van der Waals surface area contributed by atoms with Crippen molar-refractivity contribution in [1.82, 2.24) is 29.5 Å². The van der Waals surface area contributed by atoms with E-state index >= 15 is 0 Å². The highest BCUT2D eigenvalue weighted by Gasteiger charge is 2.38. The number of halogens is 4. The highest BCUT2D eigenvalue weighted by Crippen LogP contribution is 2.25. The number of rotatable bonds is 4. The summed E-state index contributed by atoms with van der Waals surface area (Å²) >= 11 is 0. The first-order valence-corrected chi connectivity index (χ1v) is 11.5. The molecule has 0 spiro atoms. The largest absolute Gasteiger partial charge is 0.490 e. The van der Waals surface area contributed by atoms with Crippen molar-refractivity contribution < 1.29 is 32.3 Å². The van der Waals surface area contributed by atoms with E-state index in [9.17, 15) is 22.4 Å². The second-order valence-electron chi connectivity index (χ2n) is 8.43. The van der Waals surface area contributed by atoms with Crippen LogP contribution in [-0.4, -0.2) is 79.3 Å². The van der Waals surface area contributed by atoms with E-state index in [0.717, 1.165) is 13.1 Å². The van der Waals surface area contributed by atoms with E-state index in [1.54, 1.807) is 48.9 Å². The Balaban J connectivity index is 0.000000448. The van der Waals surface area contributed by atoms with Crippen molar-refractivity contribution in [3.8, 4) is 0 Å². The summed E-state index contributed by atoms with van der Waals surface area (Å²) in [5, 5.41) is 18.4. The molecule has 3 aromatic heterocycles. The quantitative estimate of drug-likeness (QED) is 0.371. The Morgan fingerprint density at radius 2 is 1.72 bits per heavy atom. The number of carbonyl (C=O) groups is 2. The fraction of sp³-hybridized carbons (Fsp3) is 0.250. The summed E-state index contributed by atoms with van der Waals surface area (Å²) < 4.78 is 47.5. The standard InChI is InChI=1S/C22H21FN8O.C2HF3O2/c1-29-11-12-30(22-24-9-4-10-25-22)14-18(29)20-28-27-19-8-7-15(13-31(19)20)21(32)26-17-6-3-2-5-16(17)23;3-2(4,5)1(6)7/h2-10,13,18H,11-12,14H2,1H3,(H,26,32);(H,6,7). The first-order chi connectivity index (χ1) is 18.5. The molecule has 0 aliphatic carbocycles. The minimum absolute atomic E-state index is 0.0764. The number of aromatic nitrogens is 5. The molecular formula is C24H22F4N8O3. The summed E-state index contributed by atoms with van der Waals surface area (Å²) in [5.41, 5.74) is 1.14. The zero-order valence-electron chi connectivity index (χ0n) is 20.4. The van der Waals surface area contributed by atoms with Gasteiger partial charge in [-0.15, -0.1) is 10.2 Å². The van der Waals surface area contributed by atoms with Crippen molar-refractivity contribution in [3.05, 3.63) is 78.3 Å². The number of aliphatic carboxylic acids is 1. The lowest BCUT2D eigenvalue weighted by molar-refractivity contribution is -0.192. The molecule has 1 aliphatic rings. The molecule has 1 amide bonds. The zero-order valence-corrected chi connectivity index (χ0v) is 20.4. The number of nitrogens with zero attached hydrogens (tertiary/aromatic N) is 7. The Bertz CT molecular complexity index is 1460. The number of pyridine rings is 1. The molecule has 0 radical (unpaired) electrons. The van der Waals surface area contributed by atoms with Gasteiger partial charge in [0.2, 0.25) is 5.95 Å². The van der Waals surface area contributed by atoms with E-state index in [2.05, 4.69) is 35.3 Å². The molecule has 0 saturated carbocycles. The lowest BCUT2D eigenvalue weighted by atomic mass is 10.1. The van der Waals surface area contributed by atoms with Crippen LogP contribution in [0.4, 0.5) is 29.2 Å². The molecule has 4 heterocycles. The van der Waals surface area contributed by atoms with E-state index in [4.69, 9.17) is 9.90 Å². The van der Waals surface area contributed by atoms with Gasteiger partial charge in [0.05, 0.1) is 17.3 Å². The molecule has 4 aromatic rings. The molecule has 15 heteroatoms. The number of fused-ring (bicyclic) bond motifs is 1. The molecule has 5 rings (SSSR count). The summed E-state index contributed by atoms with van der Waals surface area (Å²) in [6, 6.07) is 11.2. The normalized spacial score (nSPS) is 15.9. The number of likely N-dealkylation sites (N-methyl/N-ethyl adjacent to an activating group) is 1. The molecule has 1 aliphatic heterocycles. The van der Waals surface area contributed by atoms with Crippen LogP contribution in [0, 0.1) is 5.82 Å². The van der Waals surface area contributed by atoms with Crippen molar-refractivity contribution in [2.45, 2.75) is 12.2 Å². The maximum atomic E-state index is 13.9. The van der Waals surface area contributed by atoms with E-state index in [0.29, 0.717) is 29.5 Å². The van der Waals surface area contributed by atoms with Gasteiger partial charge in [0.1, 0.15) is 5.82 Å². The molecule has 1 fully saturated rings. The monoisotopic (exact) mass is 546 g/mol. The Labute approximate surface area is 218 Å². The third-order valence-electron chi connectivity index (χ3n) is 5.84. The first kappa shape index (κ1) is 27.4. The van der Waals surface area contributed by atoms with Crippen LogP contribution in [0.15, 0.2) is 61.1 Å². The van der Waals surface area contributed by atoms with Crippen molar-refractivity contribution in [2.75, 3.05) is 36.9 Å². The van der Waals surface area contributed by atoms with E-state index in [1.165, 1.54) is 12.1 Å². The fourth-order valence-electron chi connectivity index (χ4n) is 3.82. The van der Waals surface area contributed by atoms with Crippen LogP contribution in [0.1, 0.15) is 22.2 Å². The van der Waals surface area contributed by atoms with Crippen LogP contribution in [-0.2, 0) is 4.79 Å². The van der Waals surface area contributed by atoms with Gasteiger partial charge in [-0.05, 0) is 37.4 Å². The fourth-order valence-corrected chi connectivity index (χ4v) is 3.82.